The van der Waals surface area contributed by atoms with Crippen molar-refractivity contribution in [3.05, 3.63) is 58.9 Å². The summed E-state index contributed by atoms with van der Waals surface area (Å²) in [5, 5.41) is 0. The van der Waals surface area contributed by atoms with E-state index >= 15 is 0 Å². The first-order valence-electron chi connectivity index (χ1n) is 9.33. The van der Waals surface area contributed by atoms with Crippen LogP contribution in [-0.2, 0) is 10.3 Å². The molecule has 0 spiro atoms. The van der Waals surface area contributed by atoms with Crippen molar-refractivity contribution in [2.45, 2.75) is 32.4 Å². The van der Waals surface area contributed by atoms with Crippen LogP contribution in [0.3, 0.4) is 0 Å². The molecule has 1 aliphatic rings. The lowest BCUT2D eigenvalue weighted by molar-refractivity contribution is -0.129. The van der Waals surface area contributed by atoms with Crippen LogP contribution in [0.25, 0.3) is 0 Å². The lowest BCUT2D eigenvalue weighted by atomic mass is 9.82. The first-order valence-corrected chi connectivity index (χ1v) is 9.33. The number of amides is 1. The van der Waals surface area contributed by atoms with E-state index in [9.17, 15) is 18.0 Å². The van der Waals surface area contributed by atoms with E-state index in [2.05, 4.69) is 9.73 Å². The van der Waals surface area contributed by atoms with Gasteiger partial charge in [-0.25, -0.2) is 9.38 Å². The highest BCUT2D eigenvalue weighted by atomic mass is 19.3. The number of carbonyl (C=O) groups excluding carboxylic acids is 1. The van der Waals surface area contributed by atoms with E-state index in [1.165, 1.54) is 48.3 Å². The maximum absolute atomic E-state index is 14.2. The van der Waals surface area contributed by atoms with Crippen LogP contribution < -0.4 is 15.2 Å². The monoisotopic (exact) mass is 421 g/mol. The summed E-state index contributed by atoms with van der Waals surface area (Å²) in [7, 11) is 1.47. The lowest BCUT2D eigenvalue weighted by Gasteiger charge is -2.27. The zero-order valence-electron chi connectivity index (χ0n) is 16.8. The van der Waals surface area contributed by atoms with E-state index in [0.717, 1.165) is 0 Å². The van der Waals surface area contributed by atoms with Crippen LogP contribution in [0.5, 0.6) is 11.5 Å². The Bertz CT molecular complexity index is 997. The van der Waals surface area contributed by atoms with E-state index in [-0.39, 0.29) is 17.5 Å². The zero-order valence-corrected chi connectivity index (χ0v) is 16.8. The second-order valence-corrected chi connectivity index (χ2v) is 6.90. The Morgan fingerprint density at radius 1 is 1.17 bits per heavy atom. The number of carbonyl (C=O) groups is 1. The van der Waals surface area contributed by atoms with E-state index in [0.29, 0.717) is 29.7 Å². The quantitative estimate of drug-likeness (QED) is 0.742. The Labute approximate surface area is 172 Å². The first kappa shape index (κ1) is 21.5. The number of hydrogen-bond acceptors (Lipinski definition) is 5. The van der Waals surface area contributed by atoms with Gasteiger partial charge in [0.05, 0.1) is 6.61 Å². The number of aryl methyl sites for hydroxylation is 1. The van der Waals surface area contributed by atoms with E-state index in [4.69, 9.17) is 10.5 Å². The summed E-state index contributed by atoms with van der Waals surface area (Å²) < 4.78 is 49.4. The van der Waals surface area contributed by atoms with Crippen LogP contribution in [0.15, 0.2) is 41.4 Å². The molecule has 3 rings (SSSR count). The second kappa shape index (κ2) is 8.25. The van der Waals surface area contributed by atoms with Gasteiger partial charge in [0.25, 0.3) is 5.91 Å². The lowest BCUT2D eigenvalue weighted by Crippen LogP contribution is -2.41. The van der Waals surface area contributed by atoms with Gasteiger partial charge in [-0.2, -0.15) is 8.78 Å². The highest BCUT2D eigenvalue weighted by Crippen LogP contribution is 2.42. The van der Waals surface area contributed by atoms with Crippen molar-refractivity contribution in [2.75, 3.05) is 13.7 Å². The van der Waals surface area contributed by atoms with Gasteiger partial charge < -0.3 is 15.2 Å². The molecule has 2 aromatic rings. The number of aliphatic imine (C=N–C) groups is 1. The number of halogens is 3. The molecule has 0 saturated heterocycles. The molecule has 0 aliphatic carbocycles. The standard InChI is InChI=1S/C21H22F3N3O3/c1-4-9-29-17-11-14(5-7-15(17)22)21(18(28)27(3)20(25)26-21)13-6-8-16(12(2)10-13)30-19(23)24/h5-8,10-11,19H,4,9H2,1-3H3,(H2,25,26). The van der Waals surface area contributed by atoms with Crippen molar-refractivity contribution in [1.29, 1.82) is 0 Å². The predicted molar refractivity (Wildman–Crippen MR) is 105 cm³/mol. The van der Waals surface area contributed by atoms with Gasteiger partial charge in [-0.3, -0.25) is 9.69 Å². The molecule has 0 radical (unpaired) electrons. The first-order chi connectivity index (χ1) is 14.2. The molecule has 160 valence electrons. The van der Waals surface area contributed by atoms with Crippen molar-refractivity contribution in [3.63, 3.8) is 0 Å². The van der Waals surface area contributed by atoms with Gasteiger partial charge in [-0.15, -0.1) is 0 Å². The largest absolute Gasteiger partial charge is 0.491 e. The molecule has 1 amide bonds. The van der Waals surface area contributed by atoms with Gasteiger partial charge in [0.2, 0.25) is 0 Å². The van der Waals surface area contributed by atoms with Crippen molar-refractivity contribution in [3.8, 4) is 11.5 Å². The smallest absolute Gasteiger partial charge is 0.387 e. The third-order valence-electron chi connectivity index (χ3n) is 4.86. The fraction of sp³-hybridized carbons (Fsp3) is 0.333. The van der Waals surface area contributed by atoms with Crippen molar-refractivity contribution in [1.82, 2.24) is 4.90 Å². The van der Waals surface area contributed by atoms with Gasteiger partial charge in [0, 0.05) is 7.05 Å². The number of hydrogen-bond donors (Lipinski definition) is 1. The Hall–Kier alpha value is -3.23. The zero-order chi connectivity index (χ0) is 22.1. The molecule has 0 saturated carbocycles. The maximum Gasteiger partial charge on any atom is 0.387 e. The number of alkyl halides is 2. The minimum atomic E-state index is -2.98. The Balaban J connectivity index is 2.18. The number of nitrogens with zero attached hydrogens (tertiary/aromatic N) is 2. The predicted octanol–water partition coefficient (Wildman–Crippen LogP) is 3.55. The van der Waals surface area contributed by atoms with Gasteiger partial charge in [-0.05, 0) is 54.3 Å². The Kier molecular flexibility index (Phi) is 5.91. The third kappa shape index (κ3) is 3.67. The van der Waals surface area contributed by atoms with Crippen LogP contribution in [0.4, 0.5) is 13.2 Å². The number of nitrogens with two attached hydrogens (primary N) is 1. The van der Waals surface area contributed by atoms with Gasteiger partial charge in [0.1, 0.15) is 5.75 Å². The van der Waals surface area contributed by atoms with Crippen molar-refractivity contribution >= 4 is 11.9 Å². The second-order valence-electron chi connectivity index (χ2n) is 6.90. The number of guanidine groups is 1. The Morgan fingerprint density at radius 3 is 2.40 bits per heavy atom. The topological polar surface area (TPSA) is 77.2 Å². The molecule has 2 aromatic carbocycles. The Morgan fingerprint density at radius 2 is 1.83 bits per heavy atom. The van der Waals surface area contributed by atoms with E-state index in [1.54, 1.807) is 6.92 Å². The van der Waals surface area contributed by atoms with Crippen LogP contribution in [-0.4, -0.2) is 37.0 Å². The van der Waals surface area contributed by atoms with Crippen LogP contribution in [0.1, 0.15) is 30.0 Å². The average Bonchev–Trinajstić information content (AvgIpc) is 2.93. The molecule has 0 bridgehead atoms. The number of ether oxygens (including phenoxy) is 2. The average molecular weight is 421 g/mol. The molecular weight excluding hydrogens is 399 g/mol. The summed E-state index contributed by atoms with van der Waals surface area (Å²) in [5.74, 6) is -1.10. The molecule has 1 atom stereocenters. The summed E-state index contributed by atoms with van der Waals surface area (Å²) in [6, 6.07) is 8.38. The molecule has 0 fully saturated rings. The molecular formula is C21H22F3N3O3. The molecule has 9 heteroatoms. The number of likely N-dealkylation sites (N-methyl/N-ethyl adjacent to an activating group) is 1. The SMILES string of the molecule is CCCOc1cc(C2(c3ccc(OC(F)F)c(C)c3)N=C(N)N(C)C2=O)ccc1F. The molecule has 0 aromatic heterocycles. The fourth-order valence-electron chi connectivity index (χ4n) is 3.34. The third-order valence-corrected chi connectivity index (χ3v) is 4.86. The summed E-state index contributed by atoms with van der Waals surface area (Å²) in [6.45, 7) is 0.777. The molecule has 1 unspecified atom stereocenters. The minimum absolute atomic E-state index is 0.0146. The van der Waals surface area contributed by atoms with Crippen LogP contribution in [0, 0.1) is 12.7 Å². The fourth-order valence-corrected chi connectivity index (χ4v) is 3.34. The number of benzene rings is 2. The molecule has 2 N–H and O–H groups in total. The molecule has 1 heterocycles. The molecule has 30 heavy (non-hydrogen) atoms. The molecule has 6 nitrogen and oxygen atoms in total. The van der Waals surface area contributed by atoms with Crippen molar-refractivity contribution < 1.29 is 27.4 Å². The maximum atomic E-state index is 14.2. The summed E-state index contributed by atoms with van der Waals surface area (Å²) in [5.41, 5.74) is 5.43. The minimum Gasteiger partial charge on any atom is -0.491 e. The highest BCUT2D eigenvalue weighted by molar-refractivity contribution is 6.09. The summed E-state index contributed by atoms with van der Waals surface area (Å²) in [4.78, 5) is 18.9. The van der Waals surface area contributed by atoms with Gasteiger partial charge in [0.15, 0.2) is 23.1 Å². The highest BCUT2D eigenvalue weighted by Gasteiger charge is 2.50. The van der Waals surface area contributed by atoms with E-state index < -0.39 is 23.9 Å². The summed E-state index contributed by atoms with van der Waals surface area (Å²) in [6.07, 6.45) is 0.673. The normalized spacial score (nSPS) is 18.7. The van der Waals surface area contributed by atoms with E-state index in [1.807, 2.05) is 6.92 Å². The van der Waals surface area contributed by atoms with Gasteiger partial charge in [-0.1, -0.05) is 19.1 Å². The summed E-state index contributed by atoms with van der Waals surface area (Å²) >= 11 is 0. The number of rotatable bonds is 7. The molecule has 1 aliphatic heterocycles. The van der Waals surface area contributed by atoms with Gasteiger partial charge >= 0.3 is 6.61 Å². The van der Waals surface area contributed by atoms with Crippen LogP contribution in [0.2, 0.25) is 0 Å². The van der Waals surface area contributed by atoms with Crippen LogP contribution >= 0.6 is 0 Å². The van der Waals surface area contributed by atoms with Crippen molar-refractivity contribution in [2.24, 2.45) is 10.7 Å².